The van der Waals surface area contributed by atoms with Gasteiger partial charge < -0.3 is 15.2 Å². The number of hydrogen-bond donors (Lipinski definition) is 2. The molecule has 1 aromatic carbocycles. The van der Waals surface area contributed by atoms with Crippen molar-refractivity contribution < 1.29 is 9.84 Å². The fourth-order valence-electron chi connectivity index (χ4n) is 3.45. The van der Waals surface area contributed by atoms with Gasteiger partial charge >= 0.3 is 0 Å². The van der Waals surface area contributed by atoms with Gasteiger partial charge in [-0.15, -0.1) is 0 Å². The van der Waals surface area contributed by atoms with Gasteiger partial charge in [0.05, 0.1) is 7.11 Å². The lowest BCUT2D eigenvalue weighted by molar-refractivity contribution is 0.265. The average Bonchev–Trinajstić information content (AvgIpc) is 2.47. The summed E-state index contributed by atoms with van der Waals surface area (Å²) in [5.74, 6) is 2.77. The number of nitrogens with one attached hydrogen (secondary N) is 1. The Kier molecular flexibility index (Phi) is 5.92. The van der Waals surface area contributed by atoms with Crippen LogP contribution in [-0.2, 0) is 0 Å². The molecular weight excluding hydrogens is 262 g/mol. The SMILES string of the molecule is COc1ccc(C(C)NCCC2CCCC(C)C2)c(O)c1. The van der Waals surface area contributed by atoms with Crippen LogP contribution in [0.3, 0.4) is 0 Å². The fourth-order valence-corrected chi connectivity index (χ4v) is 3.45. The third-order valence-corrected chi connectivity index (χ3v) is 4.75. The first-order valence-electron chi connectivity index (χ1n) is 8.20. The topological polar surface area (TPSA) is 41.5 Å². The maximum atomic E-state index is 10.1. The van der Waals surface area contributed by atoms with Crippen LogP contribution in [0.4, 0.5) is 0 Å². The van der Waals surface area contributed by atoms with Crippen molar-refractivity contribution in [3.63, 3.8) is 0 Å². The molecule has 3 unspecified atom stereocenters. The van der Waals surface area contributed by atoms with Crippen LogP contribution < -0.4 is 10.1 Å². The number of rotatable bonds is 6. The van der Waals surface area contributed by atoms with Gasteiger partial charge in [0.2, 0.25) is 0 Å². The van der Waals surface area contributed by atoms with E-state index < -0.39 is 0 Å². The van der Waals surface area contributed by atoms with Crippen LogP contribution in [0.5, 0.6) is 11.5 Å². The normalized spacial score (nSPS) is 23.8. The van der Waals surface area contributed by atoms with E-state index in [1.54, 1.807) is 13.2 Å². The van der Waals surface area contributed by atoms with E-state index in [4.69, 9.17) is 4.74 Å². The molecule has 3 atom stereocenters. The standard InChI is InChI=1S/C18H29NO2/c1-13-5-4-6-15(11-13)9-10-19-14(2)17-8-7-16(21-3)12-18(17)20/h7-8,12-15,19-20H,4-6,9-11H2,1-3H3. The first-order chi connectivity index (χ1) is 10.1. The Morgan fingerprint density at radius 3 is 2.86 bits per heavy atom. The Hall–Kier alpha value is -1.22. The van der Waals surface area contributed by atoms with Gasteiger partial charge in [-0.1, -0.05) is 32.3 Å². The highest BCUT2D eigenvalue weighted by Gasteiger charge is 2.19. The maximum absolute atomic E-state index is 10.1. The molecule has 1 saturated carbocycles. The molecule has 3 heteroatoms. The zero-order valence-electron chi connectivity index (χ0n) is 13.6. The Bertz CT molecular complexity index is 447. The average molecular weight is 291 g/mol. The van der Waals surface area contributed by atoms with Gasteiger partial charge in [0.1, 0.15) is 11.5 Å². The number of ether oxygens (including phenoxy) is 1. The molecule has 2 N–H and O–H groups in total. The number of methoxy groups -OCH3 is 1. The second-order valence-electron chi connectivity index (χ2n) is 6.53. The van der Waals surface area contributed by atoms with Crippen LogP contribution in [0, 0.1) is 11.8 Å². The van der Waals surface area contributed by atoms with Gasteiger partial charge in [-0.2, -0.15) is 0 Å². The van der Waals surface area contributed by atoms with Crippen molar-refractivity contribution in [2.75, 3.05) is 13.7 Å². The van der Waals surface area contributed by atoms with E-state index in [2.05, 4.69) is 19.2 Å². The number of benzene rings is 1. The minimum atomic E-state index is 0.164. The first kappa shape index (κ1) is 16.2. The Morgan fingerprint density at radius 1 is 1.38 bits per heavy atom. The summed E-state index contributed by atoms with van der Waals surface area (Å²) < 4.78 is 5.12. The number of phenols is 1. The summed E-state index contributed by atoms with van der Waals surface area (Å²) in [4.78, 5) is 0. The number of phenolic OH excluding ortho intramolecular Hbond substituents is 1. The molecule has 0 aliphatic heterocycles. The lowest BCUT2D eigenvalue weighted by Gasteiger charge is -2.27. The van der Waals surface area contributed by atoms with Gasteiger partial charge in [-0.3, -0.25) is 0 Å². The van der Waals surface area contributed by atoms with E-state index in [-0.39, 0.29) is 6.04 Å². The lowest BCUT2D eigenvalue weighted by atomic mass is 9.81. The lowest BCUT2D eigenvalue weighted by Crippen LogP contribution is -2.24. The molecule has 0 radical (unpaired) electrons. The van der Waals surface area contributed by atoms with Gasteiger partial charge in [-0.05, 0) is 44.2 Å². The van der Waals surface area contributed by atoms with Crippen LogP contribution in [0.25, 0.3) is 0 Å². The Balaban J connectivity index is 1.80. The van der Waals surface area contributed by atoms with Gasteiger partial charge in [0, 0.05) is 17.7 Å². The molecule has 0 bridgehead atoms. The van der Waals surface area contributed by atoms with Crippen molar-refractivity contribution >= 4 is 0 Å². The van der Waals surface area contributed by atoms with Crippen molar-refractivity contribution in [2.45, 2.75) is 52.0 Å². The predicted molar refractivity (Wildman–Crippen MR) is 86.8 cm³/mol. The van der Waals surface area contributed by atoms with E-state index in [9.17, 15) is 5.11 Å². The van der Waals surface area contributed by atoms with Crippen LogP contribution in [-0.4, -0.2) is 18.8 Å². The summed E-state index contributed by atoms with van der Waals surface area (Å²) in [6.07, 6.45) is 6.80. The molecule has 0 saturated heterocycles. The number of aromatic hydroxyl groups is 1. The molecule has 3 nitrogen and oxygen atoms in total. The largest absolute Gasteiger partial charge is 0.507 e. The molecule has 1 fully saturated rings. The smallest absolute Gasteiger partial charge is 0.124 e. The highest BCUT2D eigenvalue weighted by Crippen LogP contribution is 2.31. The molecular formula is C18H29NO2. The van der Waals surface area contributed by atoms with E-state index in [0.29, 0.717) is 11.5 Å². The summed E-state index contributed by atoms with van der Waals surface area (Å²) in [7, 11) is 1.61. The highest BCUT2D eigenvalue weighted by atomic mass is 16.5. The van der Waals surface area contributed by atoms with Crippen LogP contribution in [0.1, 0.15) is 57.6 Å². The maximum Gasteiger partial charge on any atom is 0.124 e. The monoisotopic (exact) mass is 291 g/mol. The van der Waals surface area contributed by atoms with E-state index in [0.717, 1.165) is 23.9 Å². The summed E-state index contributed by atoms with van der Waals surface area (Å²) in [6, 6.07) is 5.68. The molecule has 2 rings (SSSR count). The van der Waals surface area contributed by atoms with E-state index >= 15 is 0 Å². The van der Waals surface area contributed by atoms with Crippen molar-refractivity contribution in [3.05, 3.63) is 23.8 Å². The van der Waals surface area contributed by atoms with Crippen LogP contribution in [0.2, 0.25) is 0 Å². The number of hydrogen-bond acceptors (Lipinski definition) is 3. The third-order valence-electron chi connectivity index (χ3n) is 4.75. The molecule has 1 aromatic rings. The van der Waals surface area contributed by atoms with E-state index in [1.165, 1.54) is 32.1 Å². The van der Waals surface area contributed by atoms with Gasteiger partial charge in [-0.25, -0.2) is 0 Å². The Morgan fingerprint density at radius 2 is 2.19 bits per heavy atom. The molecule has 21 heavy (non-hydrogen) atoms. The van der Waals surface area contributed by atoms with Crippen molar-refractivity contribution in [2.24, 2.45) is 11.8 Å². The predicted octanol–water partition coefficient (Wildman–Crippen LogP) is 4.27. The molecule has 0 amide bonds. The second kappa shape index (κ2) is 7.69. The minimum absolute atomic E-state index is 0.164. The first-order valence-corrected chi connectivity index (χ1v) is 8.20. The molecule has 0 aromatic heterocycles. The summed E-state index contributed by atoms with van der Waals surface area (Å²) in [6.45, 7) is 5.49. The minimum Gasteiger partial charge on any atom is -0.507 e. The van der Waals surface area contributed by atoms with Crippen LogP contribution >= 0.6 is 0 Å². The van der Waals surface area contributed by atoms with Gasteiger partial charge in [0.15, 0.2) is 0 Å². The molecule has 0 heterocycles. The fraction of sp³-hybridized carbons (Fsp3) is 0.667. The van der Waals surface area contributed by atoms with Gasteiger partial charge in [0.25, 0.3) is 0 Å². The summed E-state index contributed by atoms with van der Waals surface area (Å²) in [5, 5.41) is 13.6. The highest BCUT2D eigenvalue weighted by molar-refractivity contribution is 5.41. The zero-order valence-corrected chi connectivity index (χ0v) is 13.6. The zero-order chi connectivity index (χ0) is 15.2. The van der Waals surface area contributed by atoms with Crippen molar-refractivity contribution in [1.82, 2.24) is 5.32 Å². The molecule has 118 valence electrons. The summed E-state index contributed by atoms with van der Waals surface area (Å²) >= 11 is 0. The molecule has 1 aliphatic rings. The quantitative estimate of drug-likeness (QED) is 0.822. The van der Waals surface area contributed by atoms with E-state index in [1.807, 2.05) is 12.1 Å². The molecule has 0 spiro atoms. The second-order valence-corrected chi connectivity index (χ2v) is 6.53. The van der Waals surface area contributed by atoms with Crippen molar-refractivity contribution in [3.8, 4) is 11.5 Å². The summed E-state index contributed by atoms with van der Waals surface area (Å²) in [5.41, 5.74) is 0.938. The van der Waals surface area contributed by atoms with Crippen LogP contribution in [0.15, 0.2) is 18.2 Å². The third kappa shape index (κ3) is 4.63. The van der Waals surface area contributed by atoms with Crippen molar-refractivity contribution in [1.29, 1.82) is 0 Å². The Labute approximate surface area is 128 Å². The molecule has 1 aliphatic carbocycles.